The molecule has 0 spiro atoms. The van der Waals surface area contributed by atoms with Gasteiger partial charge in [-0.05, 0) is 69.4 Å². The van der Waals surface area contributed by atoms with Crippen molar-refractivity contribution in [1.82, 2.24) is 24.3 Å². The molecule has 1 aliphatic heterocycles. The monoisotopic (exact) mass is 529 g/mol. The minimum atomic E-state index is -0.0786. The van der Waals surface area contributed by atoms with Gasteiger partial charge in [0, 0.05) is 31.3 Å². The molecule has 0 aliphatic carbocycles. The molecule has 10 heteroatoms. The van der Waals surface area contributed by atoms with E-state index < -0.39 is 0 Å². The normalized spacial score (nSPS) is 12.7. The lowest BCUT2D eigenvalue weighted by Crippen LogP contribution is -2.42. The Bertz CT molecular complexity index is 1590. The molecule has 2 N–H and O–H groups in total. The Morgan fingerprint density at radius 2 is 1.90 bits per heavy atom. The number of aryl methyl sites for hydroxylation is 4. The first-order chi connectivity index (χ1) is 18.9. The van der Waals surface area contributed by atoms with Crippen LogP contribution in [0.4, 0.5) is 11.6 Å². The third-order valence-electron chi connectivity index (χ3n) is 6.98. The molecule has 5 rings (SSSR count). The van der Waals surface area contributed by atoms with Gasteiger partial charge in [-0.1, -0.05) is 17.7 Å². The molecule has 1 aliphatic rings. The predicted octanol–water partition coefficient (Wildman–Crippen LogP) is 4.06. The molecule has 0 saturated heterocycles. The number of H-pyrrole nitrogens is 1. The molecule has 3 heterocycles. The maximum Gasteiger partial charge on any atom is 0.330 e. The van der Waals surface area contributed by atoms with E-state index in [0.29, 0.717) is 49.8 Å². The Hall–Kier alpha value is -4.34. The van der Waals surface area contributed by atoms with Crippen LogP contribution in [0.2, 0.25) is 0 Å². The number of hydrogen-bond acceptors (Lipinski definition) is 7. The first-order valence-electron chi connectivity index (χ1n) is 13.3. The van der Waals surface area contributed by atoms with Crippen molar-refractivity contribution in [2.75, 3.05) is 25.6 Å². The van der Waals surface area contributed by atoms with Crippen molar-refractivity contribution in [3.05, 3.63) is 74.9 Å². The third-order valence-corrected chi connectivity index (χ3v) is 6.98. The van der Waals surface area contributed by atoms with Crippen molar-refractivity contribution in [3.63, 3.8) is 0 Å². The summed E-state index contributed by atoms with van der Waals surface area (Å²) in [6.45, 7) is 10.4. The van der Waals surface area contributed by atoms with Crippen LogP contribution in [0.1, 0.15) is 35.6 Å². The lowest BCUT2D eigenvalue weighted by atomic mass is 9.97. The summed E-state index contributed by atoms with van der Waals surface area (Å²) < 4.78 is 15.1. The molecule has 0 amide bonds. The highest BCUT2D eigenvalue weighted by Crippen LogP contribution is 2.37. The van der Waals surface area contributed by atoms with Gasteiger partial charge in [0.2, 0.25) is 5.95 Å². The molecule has 0 radical (unpaired) electrons. The topological polar surface area (TPSA) is 111 Å². The Morgan fingerprint density at radius 1 is 1.10 bits per heavy atom. The summed E-state index contributed by atoms with van der Waals surface area (Å²) in [5, 5.41) is 9.91. The summed E-state index contributed by atoms with van der Waals surface area (Å²) in [6, 6.07) is 10.3. The van der Waals surface area contributed by atoms with Crippen LogP contribution in [-0.2, 0) is 19.5 Å². The largest absolute Gasteiger partial charge is 0.493 e. The predicted molar refractivity (Wildman–Crippen MR) is 151 cm³/mol. The molecule has 0 saturated carbocycles. The molecule has 2 aromatic carbocycles. The van der Waals surface area contributed by atoms with E-state index in [1.165, 1.54) is 11.9 Å². The number of rotatable bonds is 9. The number of ether oxygens (including phenoxy) is 2. The van der Waals surface area contributed by atoms with Gasteiger partial charge in [0.1, 0.15) is 11.8 Å². The van der Waals surface area contributed by atoms with Gasteiger partial charge < -0.3 is 14.8 Å². The van der Waals surface area contributed by atoms with E-state index in [2.05, 4.69) is 53.4 Å². The van der Waals surface area contributed by atoms with Crippen LogP contribution < -0.4 is 26.0 Å². The van der Waals surface area contributed by atoms with Gasteiger partial charge in [-0.3, -0.25) is 14.2 Å². The summed E-state index contributed by atoms with van der Waals surface area (Å²) in [4.78, 5) is 23.2. The fourth-order valence-electron chi connectivity index (χ4n) is 5.27. The number of aromatic nitrogens is 5. The molecule has 0 fully saturated rings. The number of methoxy groups -OCH3 is 1. The lowest BCUT2D eigenvalue weighted by molar-refractivity contribution is 0.310. The first-order valence-corrected chi connectivity index (χ1v) is 13.3. The lowest BCUT2D eigenvalue weighted by Gasteiger charge is -2.25. The fourth-order valence-corrected chi connectivity index (χ4v) is 5.27. The van der Waals surface area contributed by atoms with Gasteiger partial charge in [-0.15, -0.1) is 5.10 Å². The van der Waals surface area contributed by atoms with Gasteiger partial charge in [0.15, 0.2) is 11.5 Å². The Labute approximate surface area is 227 Å². The third kappa shape index (κ3) is 5.32. The van der Waals surface area contributed by atoms with Crippen LogP contribution in [0.5, 0.6) is 11.5 Å². The summed E-state index contributed by atoms with van der Waals surface area (Å²) >= 11 is 0. The van der Waals surface area contributed by atoms with Gasteiger partial charge in [-0.25, -0.2) is 14.8 Å². The average Bonchev–Trinajstić information content (AvgIpc) is 3.43. The summed E-state index contributed by atoms with van der Waals surface area (Å²) in [5.41, 5.74) is 7.69. The van der Waals surface area contributed by atoms with E-state index in [-0.39, 0.29) is 5.69 Å². The molecular weight excluding hydrogens is 494 g/mol. The second-order valence-corrected chi connectivity index (χ2v) is 9.78. The van der Waals surface area contributed by atoms with Crippen LogP contribution >= 0.6 is 0 Å². The molecule has 10 nitrogen and oxygen atoms in total. The highest BCUT2D eigenvalue weighted by atomic mass is 16.5. The summed E-state index contributed by atoms with van der Waals surface area (Å²) in [6.07, 6.45) is 2.95. The van der Waals surface area contributed by atoms with E-state index in [0.717, 1.165) is 45.8 Å². The molecule has 0 unspecified atom stereocenters. The summed E-state index contributed by atoms with van der Waals surface area (Å²) in [5.74, 6) is 1.90. The van der Waals surface area contributed by atoms with E-state index in [9.17, 15) is 4.79 Å². The van der Waals surface area contributed by atoms with Crippen molar-refractivity contribution in [1.29, 1.82) is 0 Å². The number of aromatic amines is 1. The van der Waals surface area contributed by atoms with Crippen molar-refractivity contribution < 1.29 is 9.47 Å². The fraction of sp³-hybridized carbons (Fsp3) is 0.379. The SMILES string of the molecule is CCOc1cc2c(cc1OC)-c1c/c(=N\c3c(C)cc(C)cc3C)n(CCCNc3nc[nH]n3)c(=O)n1CC2. The average molecular weight is 530 g/mol. The maximum atomic E-state index is 14.0. The van der Waals surface area contributed by atoms with Crippen LogP contribution in [0.3, 0.4) is 0 Å². The number of hydrogen-bond donors (Lipinski definition) is 2. The Kier molecular flexibility index (Phi) is 7.53. The standard InChI is InChI=1S/C29H35N7O3/c1-6-39-25-14-21-8-11-35-23(22(21)15-24(25)38-5)16-26(33-27-19(3)12-18(2)13-20(27)4)36(29(35)37)10-7-9-30-28-31-17-32-34-28/h12-17H,6-11H2,1-5H3,(H2,30,31,32,34)/b33-26+. The number of benzene rings is 2. The highest BCUT2D eigenvalue weighted by molar-refractivity contribution is 5.70. The van der Waals surface area contributed by atoms with Crippen molar-refractivity contribution in [3.8, 4) is 22.8 Å². The second kappa shape index (κ2) is 11.2. The van der Waals surface area contributed by atoms with Crippen LogP contribution in [0.25, 0.3) is 11.3 Å². The minimum absolute atomic E-state index is 0.0786. The van der Waals surface area contributed by atoms with Gasteiger partial charge in [0.05, 0.1) is 25.1 Å². The zero-order valence-corrected chi connectivity index (χ0v) is 23.2. The molecular formula is C29H35N7O3. The highest BCUT2D eigenvalue weighted by Gasteiger charge is 2.22. The zero-order chi connectivity index (χ0) is 27.5. The molecule has 0 atom stereocenters. The van der Waals surface area contributed by atoms with Crippen LogP contribution in [-0.4, -0.2) is 44.6 Å². The molecule has 4 aromatic rings. The van der Waals surface area contributed by atoms with Crippen LogP contribution in [0, 0.1) is 20.8 Å². The van der Waals surface area contributed by atoms with E-state index >= 15 is 0 Å². The van der Waals surface area contributed by atoms with Gasteiger partial charge >= 0.3 is 5.69 Å². The zero-order valence-electron chi connectivity index (χ0n) is 23.2. The first kappa shape index (κ1) is 26.3. The number of anilines is 1. The van der Waals surface area contributed by atoms with E-state index in [1.807, 2.05) is 29.7 Å². The second-order valence-electron chi connectivity index (χ2n) is 9.78. The molecule has 204 valence electrons. The molecule has 0 bridgehead atoms. The van der Waals surface area contributed by atoms with Crippen LogP contribution in [0.15, 0.2) is 46.4 Å². The van der Waals surface area contributed by atoms with Crippen molar-refractivity contribution in [2.45, 2.75) is 53.6 Å². The van der Waals surface area contributed by atoms with Gasteiger partial charge in [0.25, 0.3) is 0 Å². The van der Waals surface area contributed by atoms with Gasteiger partial charge in [-0.2, -0.15) is 0 Å². The quantitative estimate of drug-likeness (QED) is 0.317. The molecule has 39 heavy (non-hydrogen) atoms. The number of nitrogens with one attached hydrogen (secondary N) is 2. The van der Waals surface area contributed by atoms with E-state index in [1.54, 1.807) is 11.7 Å². The maximum absolute atomic E-state index is 14.0. The minimum Gasteiger partial charge on any atom is -0.493 e. The Morgan fingerprint density at radius 3 is 2.59 bits per heavy atom. The van der Waals surface area contributed by atoms with E-state index in [4.69, 9.17) is 14.5 Å². The van der Waals surface area contributed by atoms with Crippen molar-refractivity contribution >= 4 is 11.6 Å². The molecule has 2 aromatic heterocycles. The number of fused-ring (bicyclic) bond motifs is 3. The number of nitrogens with zero attached hydrogens (tertiary/aromatic N) is 5. The van der Waals surface area contributed by atoms with Crippen molar-refractivity contribution in [2.24, 2.45) is 4.99 Å². The summed E-state index contributed by atoms with van der Waals surface area (Å²) in [7, 11) is 1.63. The Balaban J connectivity index is 1.63. The smallest absolute Gasteiger partial charge is 0.330 e.